The van der Waals surface area contributed by atoms with Crippen molar-refractivity contribution in [2.45, 2.75) is 57.3 Å². The number of fused-ring (bicyclic) bond motifs is 1. The number of aliphatic hydroxyl groups is 1. The summed E-state index contributed by atoms with van der Waals surface area (Å²) < 4.78 is 31.6. The minimum atomic E-state index is -3.06. The van der Waals surface area contributed by atoms with Gasteiger partial charge in [-0.05, 0) is 38.7 Å². The fraction of sp³-hybridized carbons (Fsp3) is 0.409. The number of carbonyl (C=O) groups excluding carboxylic acids is 1. The van der Waals surface area contributed by atoms with Gasteiger partial charge in [-0.15, -0.1) is 0 Å². The number of halogens is 3. The molecule has 0 unspecified atom stereocenters. The molecule has 1 aliphatic carbocycles. The van der Waals surface area contributed by atoms with Crippen LogP contribution in [0.4, 0.5) is 14.7 Å². The molecule has 1 atom stereocenters. The van der Waals surface area contributed by atoms with Gasteiger partial charge >= 0.3 is 6.61 Å². The van der Waals surface area contributed by atoms with Gasteiger partial charge in [-0.1, -0.05) is 41.9 Å². The third kappa shape index (κ3) is 4.27. The Morgan fingerprint density at radius 2 is 2.03 bits per heavy atom. The number of carbonyl (C=O) groups is 1. The predicted octanol–water partition coefficient (Wildman–Crippen LogP) is 4.82. The second-order valence-corrected chi connectivity index (χ2v) is 8.84. The van der Waals surface area contributed by atoms with E-state index in [4.69, 9.17) is 11.6 Å². The number of ether oxygens (including phenoxy) is 1. The van der Waals surface area contributed by atoms with Crippen molar-refractivity contribution in [3.05, 3.63) is 47.1 Å². The Balaban J connectivity index is 1.68. The van der Waals surface area contributed by atoms with Crippen LogP contribution in [0.3, 0.4) is 0 Å². The zero-order valence-corrected chi connectivity index (χ0v) is 18.4. The number of pyridine rings is 1. The van der Waals surface area contributed by atoms with Gasteiger partial charge in [0.05, 0.1) is 12.0 Å². The molecule has 1 amide bonds. The molecule has 0 radical (unpaired) electrons. The van der Waals surface area contributed by atoms with Gasteiger partial charge in [-0.25, -0.2) is 9.97 Å². The van der Waals surface area contributed by atoms with Crippen LogP contribution in [0.2, 0.25) is 5.15 Å². The molecule has 2 N–H and O–H groups in total. The van der Waals surface area contributed by atoms with Crippen molar-refractivity contribution < 1.29 is 23.4 Å². The van der Waals surface area contributed by atoms with Gasteiger partial charge in [-0.3, -0.25) is 14.7 Å². The highest BCUT2D eigenvalue weighted by molar-refractivity contribution is 6.31. The molecule has 32 heavy (non-hydrogen) atoms. The van der Waals surface area contributed by atoms with Crippen molar-refractivity contribution in [3.8, 4) is 5.75 Å². The quantitative estimate of drug-likeness (QED) is 0.489. The van der Waals surface area contributed by atoms with E-state index in [1.807, 2.05) is 13.0 Å². The number of nitrogens with one attached hydrogen (secondary N) is 1. The molecule has 3 aromatic rings. The van der Waals surface area contributed by atoms with Crippen LogP contribution in [0.15, 0.2) is 36.4 Å². The van der Waals surface area contributed by atoms with Gasteiger partial charge in [0.1, 0.15) is 5.52 Å². The summed E-state index contributed by atoms with van der Waals surface area (Å²) in [4.78, 5) is 21.5. The van der Waals surface area contributed by atoms with Gasteiger partial charge in [0.25, 0.3) is 0 Å². The van der Waals surface area contributed by atoms with Crippen LogP contribution in [0.25, 0.3) is 11.2 Å². The molecule has 10 heteroatoms. The highest BCUT2D eigenvalue weighted by Crippen LogP contribution is 2.43. The number of amides is 1. The number of alkyl halides is 2. The molecule has 2 aromatic heterocycles. The summed E-state index contributed by atoms with van der Waals surface area (Å²) in [6, 6.07) is 10.2. The van der Waals surface area contributed by atoms with Crippen LogP contribution >= 0.6 is 11.6 Å². The zero-order valence-electron chi connectivity index (χ0n) is 17.6. The summed E-state index contributed by atoms with van der Waals surface area (Å²) in [5, 5.41) is 13.4. The van der Waals surface area contributed by atoms with Gasteiger partial charge in [0.2, 0.25) is 11.9 Å². The van der Waals surface area contributed by atoms with Crippen molar-refractivity contribution in [1.29, 1.82) is 0 Å². The summed E-state index contributed by atoms with van der Waals surface area (Å²) in [7, 11) is 0. The lowest BCUT2D eigenvalue weighted by molar-refractivity contribution is -0.120. The second-order valence-electron chi connectivity index (χ2n) is 8.48. The summed E-state index contributed by atoms with van der Waals surface area (Å²) in [6.45, 7) is 0.511. The standard InChI is InChI=1S/C22H23ClF2N4O3/c1-21(9-6-10-21)29-18-14(11-15(17(23)28-18)32-19(24)25)26-20(29)27-16(30)12-22(2,31)13-7-4-3-5-8-13/h3-5,7-8,11,19,31H,6,9-10,12H2,1-2H3,(H,26,27,30)/t22-/m0/s1. The van der Waals surface area contributed by atoms with E-state index in [1.54, 1.807) is 35.8 Å². The highest BCUT2D eigenvalue weighted by atomic mass is 35.5. The molecule has 170 valence electrons. The lowest BCUT2D eigenvalue weighted by Gasteiger charge is -2.40. The minimum Gasteiger partial charge on any atom is -0.431 e. The Morgan fingerprint density at radius 3 is 2.62 bits per heavy atom. The van der Waals surface area contributed by atoms with Crippen LogP contribution in [0, 0.1) is 0 Å². The van der Waals surface area contributed by atoms with E-state index in [-0.39, 0.29) is 34.3 Å². The van der Waals surface area contributed by atoms with Crippen LogP contribution in [-0.2, 0) is 15.9 Å². The molecule has 1 aromatic carbocycles. The molecule has 4 rings (SSSR count). The van der Waals surface area contributed by atoms with Gasteiger partial charge in [-0.2, -0.15) is 8.78 Å². The number of aromatic nitrogens is 3. The molecule has 0 spiro atoms. The molecule has 0 aliphatic heterocycles. The Labute approximate surface area is 188 Å². The molecular weight excluding hydrogens is 442 g/mol. The van der Waals surface area contributed by atoms with Crippen molar-refractivity contribution in [2.24, 2.45) is 0 Å². The lowest BCUT2D eigenvalue weighted by atomic mass is 9.78. The first-order chi connectivity index (χ1) is 15.1. The number of nitrogens with zero attached hydrogens (tertiary/aromatic N) is 3. The third-order valence-electron chi connectivity index (χ3n) is 5.89. The van der Waals surface area contributed by atoms with E-state index >= 15 is 0 Å². The minimum absolute atomic E-state index is 0.204. The third-order valence-corrected chi connectivity index (χ3v) is 6.16. The zero-order chi connectivity index (χ0) is 23.1. The fourth-order valence-corrected chi connectivity index (χ4v) is 4.21. The summed E-state index contributed by atoms with van der Waals surface area (Å²) in [5.41, 5.74) is -0.507. The largest absolute Gasteiger partial charge is 0.431 e. The normalized spacial score (nSPS) is 17.1. The topological polar surface area (TPSA) is 89.3 Å². The molecule has 0 bridgehead atoms. The van der Waals surface area contributed by atoms with Crippen LogP contribution < -0.4 is 10.1 Å². The van der Waals surface area contributed by atoms with Gasteiger partial charge in [0.15, 0.2) is 16.5 Å². The van der Waals surface area contributed by atoms with E-state index in [2.05, 4.69) is 20.0 Å². The Hall–Kier alpha value is -2.78. The maximum atomic E-state index is 12.8. The first kappa shape index (κ1) is 22.4. The molecule has 7 nitrogen and oxygen atoms in total. The van der Waals surface area contributed by atoms with Crippen LogP contribution in [0.5, 0.6) is 5.75 Å². The number of hydrogen-bond donors (Lipinski definition) is 2. The molecule has 0 saturated heterocycles. The van der Waals surface area contributed by atoms with Crippen molar-refractivity contribution in [2.75, 3.05) is 5.32 Å². The molecule has 1 fully saturated rings. The first-order valence-corrected chi connectivity index (χ1v) is 10.6. The van der Waals surface area contributed by atoms with E-state index in [9.17, 15) is 18.7 Å². The lowest BCUT2D eigenvalue weighted by Crippen LogP contribution is -2.39. The number of imidazole rings is 1. The number of hydrogen-bond acceptors (Lipinski definition) is 5. The van der Waals surface area contributed by atoms with Gasteiger partial charge in [0, 0.05) is 11.6 Å². The Kier molecular flexibility index (Phi) is 5.81. The summed E-state index contributed by atoms with van der Waals surface area (Å²) in [5.74, 6) is -0.523. The van der Waals surface area contributed by atoms with E-state index < -0.39 is 18.1 Å². The maximum absolute atomic E-state index is 12.8. The summed E-state index contributed by atoms with van der Waals surface area (Å²) >= 11 is 6.07. The monoisotopic (exact) mass is 464 g/mol. The highest BCUT2D eigenvalue weighted by Gasteiger charge is 2.38. The van der Waals surface area contributed by atoms with Crippen LogP contribution in [0.1, 0.15) is 45.1 Å². The van der Waals surface area contributed by atoms with E-state index in [1.165, 1.54) is 6.07 Å². The summed E-state index contributed by atoms with van der Waals surface area (Å²) in [6.07, 6.45) is 2.45. The average molecular weight is 465 g/mol. The maximum Gasteiger partial charge on any atom is 0.387 e. The van der Waals surface area contributed by atoms with Crippen LogP contribution in [-0.4, -0.2) is 32.2 Å². The predicted molar refractivity (Wildman–Crippen MR) is 116 cm³/mol. The fourth-order valence-electron chi connectivity index (χ4n) is 4.03. The SMILES string of the molecule is CC1(n2c(NC(=O)C[C@](C)(O)c3ccccc3)nc3cc(OC(F)F)c(Cl)nc32)CCC1. The smallest absolute Gasteiger partial charge is 0.387 e. The Morgan fingerprint density at radius 1 is 1.34 bits per heavy atom. The molecular formula is C22H23ClF2N4O3. The first-order valence-electron chi connectivity index (χ1n) is 10.2. The van der Waals surface area contributed by atoms with Crippen molar-refractivity contribution >= 4 is 34.6 Å². The Bertz CT molecular complexity index is 1150. The average Bonchev–Trinajstić information content (AvgIpc) is 3.03. The van der Waals surface area contributed by atoms with E-state index in [0.717, 1.165) is 19.3 Å². The van der Waals surface area contributed by atoms with Crippen molar-refractivity contribution in [3.63, 3.8) is 0 Å². The van der Waals surface area contributed by atoms with Gasteiger partial charge < -0.3 is 9.84 Å². The molecule has 2 heterocycles. The molecule has 1 saturated carbocycles. The van der Waals surface area contributed by atoms with Crippen molar-refractivity contribution in [1.82, 2.24) is 14.5 Å². The number of benzene rings is 1. The molecule has 1 aliphatic rings. The van der Waals surface area contributed by atoms with E-state index in [0.29, 0.717) is 11.2 Å². The number of rotatable bonds is 7. The number of anilines is 1. The second kappa shape index (κ2) is 8.29.